The maximum atomic E-state index is 12.5. The maximum Gasteiger partial charge on any atom is 0.573 e. The van der Waals surface area contributed by atoms with Gasteiger partial charge in [0.1, 0.15) is 0 Å². The van der Waals surface area contributed by atoms with Gasteiger partial charge in [-0.3, -0.25) is 4.79 Å². The minimum atomic E-state index is -4.82. The number of ether oxygens (including phenoxy) is 1. The van der Waals surface area contributed by atoms with Gasteiger partial charge in [-0.15, -0.1) is 37.1 Å². The van der Waals surface area contributed by atoms with E-state index in [-0.39, 0.29) is 48.1 Å². The van der Waals surface area contributed by atoms with Crippen LogP contribution in [0.4, 0.5) is 18.9 Å². The second-order valence-electron chi connectivity index (χ2n) is 5.83. The van der Waals surface area contributed by atoms with Gasteiger partial charge in [0.2, 0.25) is 0 Å². The lowest BCUT2D eigenvalue weighted by atomic mass is 10.1. The molecule has 2 aromatic carbocycles. The molecule has 0 aliphatic heterocycles. The topological polar surface area (TPSA) is 88.7 Å². The zero-order chi connectivity index (χ0) is 20.6. The van der Waals surface area contributed by atoms with Gasteiger partial charge >= 0.3 is 6.36 Å². The van der Waals surface area contributed by atoms with Crippen LogP contribution in [0.2, 0.25) is 0 Å². The lowest BCUT2D eigenvalue weighted by molar-refractivity contribution is -0.274. The number of hydrogen-bond donors (Lipinski definition) is 3. The van der Waals surface area contributed by atoms with Gasteiger partial charge in [0.05, 0.1) is 12.2 Å². The summed E-state index contributed by atoms with van der Waals surface area (Å²) in [5.41, 5.74) is 7.04. The zero-order valence-electron chi connectivity index (χ0n) is 15.6. The van der Waals surface area contributed by atoms with Crippen molar-refractivity contribution >= 4 is 41.5 Å². The highest BCUT2D eigenvalue weighted by Gasteiger charge is 2.32. The van der Waals surface area contributed by atoms with E-state index in [4.69, 9.17) is 5.73 Å². The molecule has 0 fully saturated rings. The molecule has 0 aliphatic rings. The summed E-state index contributed by atoms with van der Waals surface area (Å²) >= 11 is 0. The molecule has 0 bridgehead atoms. The van der Waals surface area contributed by atoms with Crippen LogP contribution in [-0.4, -0.2) is 24.8 Å². The van der Waals surface area contributed by atoms with E-state index in [1.54, 1.807) is 24.3 Å². The van der Waals surface area contributed by atoms with Crippen LogP contribution in [0, 0.1) is 0 Å². The third-order valence-electron chi connectivity index (χ3n) is 3.53. The number of aliphatic imine (C=N–C) groups is 1. The molecule has 0 aliphatic carbocycles. The van der Waals surface area contributed by atoms with E-state index in [2.05, 4.69) is 20.4 Å². The molecule has 158 valence electrons. The summed E-state index contributed by atoms with van der Waals surface area (Å²) in [6.45, 7) is 2.69. The predicted octanol–water partition coefficient (Wildman–Crippen LogP) is 4.27. The van der Waals surface area contributed by atoms with Gasteiger partial charge < -0.3 is 21.1 Å². The number of rotatable bonds is 7. The van der Waals surface area contributed by atoms with E-state index in [0.29, 0.717) is 12.1 Å². The Balaban J connectivity index is 0.00000420. The highest BCUT2D eigenvalue weighted by Crippen LogP contribution is 2.29. The highest BCUT2D eigenvalue weighted by atomic mass is 127. The summed E-state index contributed by atoms with van der Waals surface area (Å²) in [5, 5.41) is 5.37. The number of para-hydroxylation sites is 2. The number of carbonyl (C=O) groups excluding carboxylic acids is 1. The Kier molecular flexibility index (Phi) is 9.72. The molecule has 0 radical (unpaired) electrons. The minimum absolute atomic E-state index is 0. The normalized spacial score (nSPS) is 11.4. The Morgan fingerprint density at radius 3 is 2.59 bits per heavy atom. The van der Waals surface area contributed by atoms with Gasteiger partial charge in [-0.25, -0.2) is 4.99 Å². The zero-order valence-corrected chi connectivity index (χ0v) is 18.0. The molecule has 6 nitrogen and oxygen atoms in total. The van der Waals surface area contributed by atoms with Crippen molar-refractivity contribution in [2.45, 2.75) is 26.3 Å². The monoisotopic (exact) mass is 522 g/mol. The van der Waals surface area contributed by atoms with E-state index in [9.17, 15) is 18.0 Å². The molecule has 0 saturated heterocycles. The van der Waals surface area contributed by atoms with Crippen LogP contribution in [0.15, 0.2) is 53.5 Å². The van der Waals surface area contributed by atoms with Crippen LogP contribution in [0.5, 0.6) is 5.75 Å². The van der Waals surface area contributed by atoms with Gasteiger partial charge in [0.15, 0.2) is 11.7 Å². The summed E-state index contributed by atoms with van der Waals surface area (Å²) in [6, 6.07) is 12.4. The predicted molar refractivity (Wildman–Crippen MR) is 117 cm³/mol. The van der Waals surface area contributed by atoms with Crippen molar-refractivity contribution in [2.75, 3.05) is 11.9 Å². The van der Waals surface area contributed by atoms with Crippen molar-refractivity contribution in [3.8, 4) is 5.75 Å². The number of benzene rings is 2. The largest absolute Gasteiger partial charge is 0.573 e. The molecular weight excluding hydrogens is 500 g/mol. The Bertz CT molecular complexity index is 844. The van der Waals surface area contributed by atoms with Crippen molar-refractivity contribution in [1.82, 2.24) is 5.32 Å². The summed E-state index contributed by atoms with van der Waals surface area (Å²) in [5.74, 6) is -0.682. The first-order chi connectivity index (χ1) is 13.3. The fourth-order valence-corrected chi connectivity index (χ4v) is 2.29. The molecule has 2 aromatic rings. The number of carbonyl (C=O) groups is 1. The van der Waals surface area contributed by atoms with Crippen molar-refractivity contribution in [1.29, 1.82) is 0 Å². The minimum Gasteiger partial charge on any atom is -0.404 e. The molecule has 2 rings (SSSR count). The van der Waals surface area contributed by atoms with Crippen molar-refractivity contribution in [2.24, 2.45) is 10.7 Å². The summed E-state index contributed by atoms with van der Waals surface area (Å²) < 4.78 is 41.3. The van der Waals surface area contributed by atoms with E-state index in [0.717, 1.165) is 12.0 Å². The smallest absolute Gasteiger partial charge is 0.404 e. The Morgan fingerprint density at radius 1 is 1.17 bits per heavy atom. The molecule has 1 amide bonds. The summed E-state index contributed by atoms with van der Waals surface area (Å²) in [4.78, 5) is 16.1. The van der Waals surface area contributed by atoms with E-state index in [1.165, 1.54) is 24.3 Å². The number of nitrogens with two attached hydrogens (primary N) is 1. The molecule has 0 heterocycles. The first kappa shape index (κ1) is 24.5. The van der Waals surface area contributed by atoms with E-state index in [1.807, 2.05) is 6.92 Å². The average molecular weight is 522 g/mol. The molecule has 0 saturated carbocycles. The lowest BCUT2D eigenvalue weighted by Gasteiger charge is -2.14. The number of nitrogens with zero attached hydrogens (tertiary/aromatic N) is 1. The van der Waals surface area contributed by atoms with E-state index < -0.39 is 12.1 Å². The van der Waals surface area contributed by atoms with Crippen LogP contribution < -0.4 is 21.1 Å². The Labute approximate surface area is 183 Å². The van der Waals surface area contributed by atoms with Crippen molar-refractivity contribution in [3.63, 3.8) is 0 Å². The standard InChI is InChI=1S/C19H21F3N4O2.HI/c1-2-10-24-17(27)14-7-5-6-13(11-14)12-25-18(23)26-15-8-3-4-9-16(15)28-19(20,21)22;/h3-9,11H,2,10,12H2,1H3,(H,24,27)(H3,23,25,26);1H. The first-order valence-corrected chi connectivity index (χ1v) is 8.57. The van der Waals surface area contributed by atoms with Crippen LogP contribution in [0.1, 0.15) is 29.3 Å². The third kappa shape index (κ3) is 8.59. The maximum absolute atomic E-state index is 12.5. The number of amides is 1. The molecule has 4 N–H and O–H groups in total. The second-order valence-corrected chi connectivity index (χ2v) is 5.83. The molecular formula is C19H22F3IN4O2. The SMILES string of the molecule is CCCNC(=O)c1cccc(CN=C(N)Nc2ccccc2OC(F)(F)F)c1.I. The highest BCUT2D eigenvalue weighted by molar-refractivity contribution is 14.0. The van der Waals surface area contributed by atoms with Crippen LogP contribution in [0.25, 0.3) is 0 Å². The first-order valence-electron chi connectivity index (χ1n) is 8.57. The van der Waals surface area contributed by atoms with Gasteiger partial charge in [0, 0.05) is 12.1 Å². The van der Waals surface area contributed by atoms with Crippen LogP contribution in [-0.2, 0) is 6.54 Å². The molecule has 0 atom stereocenters. The number of hydrogen-bond acceptors (Lipinski definition) is 3. The number of alkyl halides is 3. The second kappa shape index (κ2) is 11.5. The Morgan fingerprint density at radius 2 is 1.90 bits per heavy atom. The number of nitrogens with one attached hydrogen (secondary N) is 2. The number of guanidine groups is 1. The number of anilines is 1. The quantitative estimate of drug-likeness (QED) is 0.288. The van der Waals surface area contributed by atoms with Crippen LogP contribution in [0.3, 0.4) is 0 Å². The summed E-state index contributed by atoms with van der Waals surface area (Å²) in [7, 11) is 0. The van der Waals surface area contributed by atoms with Gasteiger partial charge in [0.25, 0.3) is 5.91 Å². The molecule has 0 spiro atoms. The third-order valence-corrected chi connectivity index (χ3v) is 3.53. The molecule has 0 unspecified atom stereocenters. The summed E-state index contributed by atoms with van der Waals surface area (Å²) in [6.07, 6.45) is -3.99. The van der Waals surface area contributed by atoms with Crippen LogP contribution >= 0.6 is 24.0 Å². The van der Waals surface area contributed by atoms with Crippen molar-refractivity contribution in [3.05, 3.63) is 59.7 Å². The molecule has 0 aromatic heterocycles. The van der Waals surface area contributed by atoms with Gasteiger partial charge in [-0.1, -0.05) is 31.2 Å². The Hall–Kier alpha value is -2.50. The fourth-order valence-electron chi connectivity index (χ4n) is 2.29. The van der Waals surface area contributed by atoms with E-state index >= 15 is 0 Å². The van der Waals surface area contributed by atoms with Gasteiger partial charge in [-0.2, -0.15) is 0 Å². The molecule has 10 heteroatoms. The fraction of sp³-hybridized carbons (Fsp3) is 0.263. The number of halogens is 4. The average Bonchev–Trinajstić information content (AvgIpc) is 2.65. The lowest BCUT2D eigenvalue weighted by Crippen LogP contribution is -2.25. The molecule has 29 heavy (non-hydrogen) atoms. The van der Waals surface area contributed by atoms with Gasteiger partial charge in [-0.05, 0) is 36.2 Å². The van der Waals surface area contributed by atoms with Crippen molar-refractivity contribution < 1.29 is 22.7 Å².